The Morgan fingerprint density at radius 3 is 2.60 bits per heavy atom. The average molecular weight is 345 g/mol. The summed E-state index contributed by atoms with van der Waals surface area (Å²) in [5.41, 5.74) is 1.73. The molecule has 3 fully saturated rings. The SMILES string of the molecule is CNC(=O)C1CC(=O)N(C2CN(C(=O)c3c(C4CC4)cnn3C)C2)C1. The zero-order valence-electron chi connectivity index (χ0n) is 14.6. The van der Waals surface area contributed by atoms with E-state index in [-0.39, 0.29) is 36.1 Å². The first-order valence-corrected chi connectivity index (χ1v) is 8.81. The van der Waals surface area contributed by atoms with Crippen LogP contribution in [0.25, 0.3) is 0 Å². The van der Waals surface area contributed by atoms with Crippen molar-refractivity contribution in [2.24, 2.45) is 13.0 Å². The van der Waals surface area contributed by atoms with Gasteiger partial charge in [0, 0.05) is 45.7 Å². The molecule has 1 unspecified atom stereocenters. The molecule has 25 heavy (non-hydrogen) atoms. The van der Waals surface area contributed by atoms with Crippen LogP contribution in [-0.2, 0) is 16.6 Å². The predicted octanol–water partition coefficient (Wildman–Crippen LogP) is -0.284. The molecular formula is C17H23N5O3. The molecule has 1 aromatic heterocycles. The van der Waals surface area contributed by atoms with Crippen molar-refractivity contribution in [2.75, 3.05) is 26.7 Å². The van der Waals surface area contributed by atoms with Gasteiger partial charge >= 0.3 is 0 Å². The van der Waals surface area contributed by atoms with Crippen molar-refractivity contribution < 1.29 is 14.4 Å². The first-order chi connectivity index (χ1) is 12.0. The second-order valence-electron chi connectivity index (χ2n) is 7.27. The predicted molar refractivity (Wildman–Crippen MR) is 88.8 cm³/mol. The summed E-state index contributed by atoms with van der Waals surface area (Å²) in [6, 6.07) is 0.0173. The summed E-state index contributed by atoms with van der Waals surface area (Å²) >= 11 is 0. The van der Waals surface area contributed by atoms with Crippen molar-refractivity contribution in [3.8, 4) is 0 Å². The van der Waals surface area contributed by atoms with Gasteiger partial charge in [0.1, 0.15) is 5.69 Å². The van der Waals surface area contributed by atoms with Crippen LogP contribution >= 0.6 is 0 Å². The number of rotatable bonds is 4. The topological polar surface area (TPSA) is 87.5 Å². The number of amides is 3. The summed E-state index contributed by atoms with van der Waals surface area (Å²) < 4.78 is 1.66. The molecule has 134 valence electrons. The summed E-state index contributed by atoms with van der Waals surface area (Å²) in [5.74, 6) is 0.101. The molecule has 2 saturated heterocycles. The Balaban J connectivity index is 1.39. The molecule has 1 atom stereocenters. The van der Waals surface area contributed by atoms with E-state index >= 15 is 0 Å². The van der Waals surface area contributed by atoms with E-state index < -0.39 is 0 Å². The molecule has 0 radical (unpaired) electrons. The number of likely N-dealkylation sites (tertiary alicyclic amines) is 2. The molecule has 0 aromatic carbocycles. The van der Waals surface area contributed by atoms with Gasteiger partial charge in [0.2, 0.25) is 11.8 Å². The molecule has 3 amide bonds. The minimum atomic E-state index is -0.277. The van der Waals surface area contributed by atoms with Gasteiger partial charge in [-0.2, -0.15) is 5.10 Å². The van der Waals surface area contributed by atoms with Crippen molar-refractivity contribution in [3.63, 3.8) is 0 Å². The Bertz CT molecular complexity index is 733. The number of nitrogens with one attached hydrogen (secondary N) is 1. The summed E-state index contributed by atoms with van der Waals surface area (Å²) in [6.07, 6.45) is 4.31. The second-order valence-corrected chi connectivity index (χ2v) is 7.27. The van der Waals surface area contributed by atoms with E-state index in [9.17, 15) is 14.4 Å². The van der Waals surface area contributed by atoms with Crippen LogP contribution < -0.4 is 5.32 Å². The second kappa shape index (κ2) is 5.86. The fourth-order valence-electron chi connectivity index (χ4n) is 3.84. The Morgan fingerprint density at radius 1 is 1.24 bits per heavy atom. The van der Waals surface area contributed by atoms with Crippen LogP contribution in [0.1, 0.15) is 41.2 Å². The van der Waals surface area contributed by atoms with E-state index in [1.54, 1.807) is 34.8 Å². The monoisotopic (exact) mass is 345 g/mol. The van der Waals surface area contributed by atoms with Gasteiger partial charge in [-0.1, -0.05) is 0 Å². The van der Waals surface area contributed by atoms with Crippen molar-refractivity contribution in [1.29, 1.82) is 0 Å². The molecular weight excluding hydrogens is 322 g/mol. The lowest BCUT2D eigenvalue weighted by Gasteiger charge is -2.44. The number of aromatic nitrogens is 2. The lowest BCUT2D eigenvalue weighted by molar-refractivity contribution is -0.132. The molecule has 8 nitrogen and oxygen atoms in total. The van der Waals surface area contributed by atoms with Crippen LogP contribution in [0.5, 0.6) is 0 Å². The van der Waals surface area contributed by atoms with Crippen molar-refractivity contribution in [3.05, 3.63) is 17.5 Å². The zero-order valence-corrected chi connectivity index (χ0v) is 14.6. The smallest absolute Gasteiger partial charge is 0.272 e. The third-order valence-corrected chi connectivity index (χ3v) is 5.55. The average Bonchev–Trinajstić information content (AvgIpc) is 3.22. The van der Waals surface area contributed by atoms with Crippen molar-refractivity contribution in [1.82, 2.24) is 24.9 Å². The minimum Gasteiger partial charge on any atom is -0.359 e. The summed E-state index contributed by atoms with van der Waals surface area (Å²) in [6.45, 7) is 1.50. The molecule has 1 aromatic rings. The van der Waals surface area contributed by atoms with E-state index in [0.29, 0.717) is 31.2 Å². The van der Waals surface area contributed by atoms with E-state index in [1.807, 2.05) is 0 Å². The van der Waals surface area contributed by atoms with E-state index in [2.05, 4.69) is 10.4 Å². The van der Waals surface area contributed by atoms with Crippen LogP contribution in [0, 0.1) is 5.92 Å². The van der Waals surface area contributed by atoms with E-state index in [0.717, 1.165) is 18.4 Å². The standard InChI is InChI=1S/C17H23N5O3/c1-18-16(24)11-5-14(23)22(7-11)12-8-21(9-12)17(25)15-13(10-3-4-10)6-19-20(15)2/h6,10-12H,3-5,7-9H2,1-2H3,(H,18,24). The quantitative estimate of drug-likeness (QED) is 0.813. The molecule has 2 aliphatic heterocycles. The maximum absolute atomic E-state index is 12.8. The van der Waals surface area contributed by atoms with Gasteiger partial charge in [-0.3, -0.25) is 19.1 Å². The highest BCUT2D eigenvalue weighted by Crippen LogP contribution is 2.42. The third kappa shape index (κ3) is 2.69. The summed E-state index contributed by atoms with van der Waals surface area (Å²) in [4.78, 5) is 40.3. The fraction of sp³-hybridized carbons (Fsp3) is 0.647. The highest BCUT2D eigenvalue weighted by Gasteiger charge is 2.44. The highest BCUT2D eigenvalue weighted by atomic mass is 16.2. The van der Waals surface area contributed by atoms with Gasteiger partial charge in [-0.05, 0) is 18.8 Å². The molecule has 3 heterocycles. The van der Waals surface area contributed by atoms with Crippen LogP contribution in [0.2, 0.25) is 0 Å². The summed E-state index contributed by atoms with van der Waals surface area (Å²) in [5, 5.41) is 6.85. The molecule has 3 aliphatic rings. The lowest BCUT2D eigenvalue weighted by Crippen LogP contribution is -2.61. The Morgan fingerprint density at radius 2 is 1.96 bits per heavy atom. The fourth-order valence-corrected chi connectivity index (χ4v) is 3.84. The van der Waals surface area contributed by atoms with Gasteiger partial charge in [-0.25, -0.2) is 0 Å². The lowest BCUT2D eigenvalue weighted by atomic mass is 10.0. The number of aryl methyl sites for hydroxylation is 1. The van der Waals surface area contributed by atoms with Gasteiger partial charge in [-0.15, -0.1) is 0 Å². The molecule has 1 aliphatic carbocycles. The summed E-state index contributed by atoms with van der Waals surface area (Å²) in [7, 11) is 3.39. The molecule has 0 spiro atoms. The number of hydrogen-bond donors (Lipinski definition) is 1. The number of carbonyl (C=O) groups excluding carboxylic acids is 3. The number of hydrogen-bond acceptors (Lipinski definition) is 4. The van der Waals surface area contributed by atoms with Crippen LogP contribution in [0.3, 0.4) is 0 Å². The Hall–Kier alpha value is -2.38. The highest BCUT2D eigenvalue weighted by molar-refractivity contribution is 5.95. The van der Waals surface area contributed by atoms with Gasteiger partial charge < -0.3 is 15.1 Å². The van der Waals surface area contributed by atoms with Crippen LogP contribution in [0.4, 0.5) is 0 Å². The molecule has 0 bridgehead atoms. The number of carbonyl (C=O) groups is 3. The van der Waals surface area contributed by atoms with Crippen LogP contribution in [0.15, 0.2) is 6.20 Å². The van der Waals surface area contributed by atoms with Crippen molar-refractivity contribution >= 4 is 17.7 Å². The van der Waals surface area contributed by atoms with E-state index in [1.165, 1.54) is 0 Å². The zero-order chi connectivity index (χ0) is 17.7. The molecule has 8 heteroatoms. The first-order valence-electron chi connectivity index (χ1n) is 8.81. The Kier molecular flexibility index (Phi) is 3.77. The molecule has 1 saturated carbocycles. The van der Waals surface area contributed by atoms with Gasteiger partial charge in [0.15, 0.2) is 0 Å². The van der Waals surface area contributed by atoms with Crippen LogP contribution in [-0.4, -0.2) is 70.0 Å². The normalized spacial score (nSPS) is 23.8. The number of nitrogens with zero attached hydrogens (tertiary/aromatic N) is 4. The largest absolute Gasteiger partial charge is 0.359 e. The van der Waals surface area contributed by atoms with Gasteiger partial charge in [0.25, 0.3) is 5.91 Å². The maximum atomic E-state index is 12.8. The van der Waals surface area contributed by atoms with Crippen molar-refractivity contribution in [2.45, 2.75) is 31.2 Å². The maximum Gasteiger partial charge on any atom is 0.272 e. The minimum absolute atomic E-state index is 0.00454. The van der Waals surface area contributed by atoms with Gasteiger partial charge in [0.05, 0.1) is 18.2 Å². The third-order valence-electron chi connectivity index (χ3n) is 5.55. The molecule has 1 N–H and O–H groups in total. The molecule has 4 rings (SSSR count). The Labute approximate surface area is 146 Å². The first kappa shape index (κ1) is 16.1. The van der Waals surface area contributed by atoms with E-state index in [4.69, 9.17) is 0 Å².